The van der Waals surface area contributed by atoms with Crippen LogP contribution in [0.5, 0.6) is 0 Å². The normalized spacial score (nSPS) is 21.2. The Bertz CT molecular complexity index is 555. The molecule has 3 heteroatoms. The van der Waals surface area contributed by atoms with Gasteiger partial charge in [0.05, 0.1) is 5.60 Å². The molecule has 0 spiro atoms. The number of hydrogen-bond donors (Lipinski definition) is 1. The van der Waals surface area contributed by atoms with Crippen LogP contribution in [0.2, 0.25) is 0 Å². The zero-order chi connectivity index (χ0) is 16.0. The third kappa shape index (κ3) is 4.85. The van der Waals surface area contributed by atoms with Gasteiger partial charge in [0.2, 0.25) is 0 Å². The summed E-state index contributed by atoms with van der Waals surface area (Å²) in [7, 11) is 0. The fourth-order valence-corrected chi connectivity index (χ4v) is 2.64. The molecule has 0 heterocycles. The Balaban J connectivity index is 1.83. The number of aliphatic hydroxyl groups is 1. The molecule has 1 N–H and O–H groups in total. The maximum absolute atomic E-state index is 11.8. The summed E-state index contributed by atoms with van der Waals surface area (Å²) in [6, 6.07) is 9.57. The van der Waals surface area contributed by atoms with Crippen molar-refractivity contribution in [3.8, 4) is 0 Å². The lowest BCUT2D eigenvalue weighted by Gasteiger charge is -2.34. The summed E-state index contributed by atoms with van der Waals surface area (Å²) in [6.07, 6.45) is 8.06. The Labute approximate surface area is 132 Å². The number of allylic oxidation sites excluding steroid dienone is 2. The number of rotatable bonds is 5. The first-order valence-corrected chi connectivity index (χ1v) is 7.75. The van der Waals surface area contributed by atoms with E-state index in [2.05, 4.69) is 13.0 Å². The minimum absolute atomic E-state index is 0.0303. The van der Waals surface area contributed by atoms with Gasteiger partial charge in [-0.3, -0.25) is 0 Å². The predicted octanol–water partition coefficient (Wildman–Crippen LogP) is 3.74. The first kappa shape index (κ1) is 16.5. The predicted molar refractivity (Wildman–Crippen MR) is 88.2 cm³/mol. The van der Waals surface area contributed by atoms with E-state index in [1.54, 1.807) is 13.0 Å². The first-order valence-electron chi connectivity index (χ1n) is 7.75. The van der Waals surface area contributed by atoms with Crippen LogP contribution < -0.4 is 0 Å². The third-order valence-corrected chi connectivity index (χ3v) is 4.24. The van der Waals surface area contributed by atoms with Crippen molar-refractivity contribution in [2.24, 2.45) is 5.92 Å². The second-order valence-corrected chi connectivity index (χ2v) is 6.23. The molecule has 0 amide bonds. The Kier molecular flexibility index (Phi) is 5.56. The zero-order valence-corrected chi connectivity index (χ0v) is 13.3. The Morgan fingerprint density at radius 3 is 2.77 bits per heavy atom. The molecule has 0 radical (unpaired) electrons. The van der Waals surface area contributed by atoms with Crippen LogP contribution in [0.3, 0.4) is 0 Å². The second-order valence-electron chi connectivity index (χ2n) is 6.23. The molecule has 0 aliphatic heterocycles. The highest BCUT2D eigenvalue weighted by molar-refractivity contribution is 5.87. The van der Waals surface area contributed by atoms with Crippen LogP contribution in [0, 0.1) is 5.92 Å². The van der Waals surface area contributed by atoms with Crippen LogP contribution in [0.15, 0.2) is 48.1 Å². The van der Waals surface area contributed by atoms with E-state index in [1.165, 1.54) is 11.6 Å². The summed E-state index contributed by atoms with van der Waals surface area (Å²) in [5.74, 6) is -0.284. The zero-order valence-electron chi connectivity index (χ0n) is 13.3. The van der Waals surface area contributed by atoms with Crippen LogP contribution in [0.4, 0.5) is 0 Å². The van der Waals surface area contributed by atoms with Gasteiger partial charge < -0.3 is 9.84 Å². The van der Waals surface area contributed by atoms with Crippen molar-refractivity contribution < 1.29 is 14.6 Å². The van der Waals surface area contributed by atoms with Gasteiger partial charge in [-0.2, -0.15) is 0 Å². The van der Waals surface area contributed by atoms with Crippen LogP contribution in [-0.4, -0.2) is 23.3 Å². The van der Waals surface area contributed by atoms with E-state index in [9.17, 15) is 9.90 Å². The molecule has 2 rings (SSSR count). The molecule has 1 aromatic carbocycles. The van der Waals surface area contributed by atoms with Crippen LogP contribution in [-0.2, 0) is 9.53 Å². The van der Waals surface area contributed by atoms with Crippen LogP contribution in [0.25, 0.3) is 6.08 Å². The highest BCUT2D eigenvalue weighted by atomic mass is 16.5. The van der Waals surface area contributed by atoms with Gasteiger partial charge >= 0.3 is 5.97 Å². The Morgan fingerprint density at radius 1 is 1.41 bits per heavy atom. The molecular formula is C19H24O3. The molecular weight excluding hydrogens is 276 g/mol. The minimum Gasteiger partial charge on any atom is -0.459 e. The van der Waals surface area contributed by atoms with Gasteiger partial charge in [-0.05, 0) is 50.7 Å². The van der Waals surface area contributed by atoms with Crippen molar-refractivity contribution in [1.29, 1.82) is 0 Å². The van der Waals surface area contributed by atoms with Gasteiger partial charge in [0, 0.05) is 6.08 Å². The highest BCUT2D eigenvalue weighted by Crippen LogP contribution is 2.32. The summed E-state index contributed by atoms with van der Waals surface area (Å²) in [4.78, 5) is 11.8. The molecule has 2 atom stereocenters. The summed E-state index contributed by atoms with van der Waals surface area (Å²) >= 11 is 0. The second kappa shape index (κ2) is 7.41. The largest absolute Gasteiger partial charge is 0.459 e. The summed E-state index contributed by atoms with van der Waals surface area (Å²) in [6.45, 7) is 3.89. The van der Waals surface area contributed by atoms with Gasteiger partial charge in [-0.1, -0.05) is 42.0 Å². The number of carbonyl (C=O) groups excluding carboxylic acids is 1. The van der Waals surface area contributed by atoms with E-state index in [1.807, 2.05) is 30.3 Å². The summed E-state index contributed by atoms with van der Waals surface area (Å²) in [5.41, 5.74) is 1.34. The Morgan fingerprint density at radius 2 is 2.14 bits per heavy atom. The molecule has 0 aromatic heterocycles. The lowest BCUT2D eigenvalue weighted by molar-refractivity contribution is -0.148. The summed E-state index contributed by atoms with van der Waals surface area (Å²) < 4.78 is 5.21. The van der Waals surface area contributed by atoms with Crippen LogP contribution >= 0.6 is 0 Å². The maximum atomic E-state index is 11.8. The average molecular weight is 300 g/mol. The van der Waals surface area contributed by atoms with Gasteiger partial charge in [-0.25, -0.2) is 4.79 Å². The quantitative estimate of drug-likeness (QED) is 0.512. The number of carbonyl (C=O) groups is 1. The molecule has 0 saturated heterocycles. The van der Waals surface area contributed by atoms with Crippen molar-refractivity contribution in [3.63, 3.8) is 0 Å². The molecule has 0 saturated carbocycles. The molecule has 118 valence electrons. The number of benzene rings is 1. The Hall–Kier alpha value is -1.87. The molecule has 22 heavy (non-hydrogen) atoms. The standard InChI is InChI=1S/C19H24O3/c1-15-8-11-17(12-9-15)19(2,21)14-22-18(20)13-10-16-6-4-3-5-7-16/h3-8,10,13,17,21H,9,11-12,14H2,1-2H3/t17-,19+/m1/s1. The number of hydrogen-bond acceptors (Lipinski definition) is 3. The van der Waals surface area contributed by atoms with Crippen molar-refractivity contribution in [1.82, 2.24) is 0 Å². The SMILES string of the molecule is CC1=CC[C@@H]([C@@](C)(O)COC(=O)C=Cc2ccccc2)CC1. The van der Waals surface area contributed by atoms with Gasteiger partial charge in [0.1, 0.15) is 6.61 Å². The van der Waals surface area contributed by atoms with E-state index in [-0.39, 0.29) is 12.5 Å². The third-order valence-electron chi connectivity index (χ3n) is 4.24. The maximum Gasteiger partial charge on any atom is 0.330 e. The molecule has 1 aliphatic rings. The molecule has 0 bridgehead atoms. The van der Waals surface area contributed by atoms with Gasteiger partial charge in [-0.15, -0.1) is 0 Å². The summed E-state index contributed by atoms with van der Waals surface area (Å²) in [5, 5.41) is 10.5. The topological polar surface area (TPSA) is 46.5 Å². The minimum atomic E-state index is -0.979. The molecule has 0 fully saturated rings. The molecule has 0 unspecified atom stereocenters. The lowest BCUT2D eigenvalue weighted by Crippen LogP contribution is -2.40. The van der Waals surface area contributed by atoms with Crippen molar-refractivity contribution >= 4 is 12.0 Å². The van der Waals surface area contributed by atoms with Gasteiger partial charge in [0.25, 0.3) is 0 Å². The van der Waals surface area contributed by atoms with E-state index in [0.29, 0.717) is 0 Å². The molecule has 1 aromatic rings. The smallest absolute Gasteiger partial charge is 0.330 e. The number of ether oxygens (including phenoxy) is 1. The van der Waals surface area contributed by atoms with Crippen molar-refractivity contribution in [2.75, 3.05) is 6.61 Å². The molecule has 3 nitrogen and oxygen atoms in total. The van der Waals surface area contributed by atoms with Crippen LogP contribution in [0.1, 0.15) is 38.7 Å². The van der Waals surface area contributed by atoms with Gasteiger partial charge in [0.15, 0.2) is 0 Å². The first-order chi connectivity index (χ1) is 10.5. The van der Waals surface area contributed by atoms with Crippen molar-refractivity contribution in [3.05, 3.63) is 53.6 Å². The fraction of sp³-hybridized carbons (Fsp3) is 0.421. The van der Waals surface area contributed by atoms with E-state index >= 15 is 0 Å². The molecule has 1 aliphatic carbocycles. The van der Waals surface area contributed by atoms with E-state index in [0.717, 1.165) is 24.8 Å². The monoisotopic (exact) mass is 300 g/mol. The van der Waals surface area contributed by atoms with E-state index < -0.39 is 11.6 Å². The fourth-order valence-electron chi connectivity index (χ4n) is 2.64. The average Bonchev–Trinajstić information content (AvgIpc) is 2.52. The van der Waals surface area contributed by atoms with Crippen molar-refractivity contribution in [2.45, 2.75) is 38.7 Å². The van der Waals surface area contributed by atoms with E-state index in [4.69, 9.17) is 4.74 Å². The number of esters is 1. The lowest BCUT2D eigenvalue weighted by atomic mass is 9.79. The highest BCUT2D eigenvalue weighted by Gasteiger charge is 2.33.